The Balaban J connectivity index is 1.68. The summed E-state index contributed by atoms with van der Waals surface area (Å²) in [4.78, 5) is 13.2. The lowest BCUT2D eigenvalue weighted by Gasteiger charge is -2.31. The quantitative estimate of drug-likeness (QED) is 0.627. The predicted molar refractivity (Wildman–Crippen MR) is 123 cm³/mol. The zero-order chi connectivity index (χ0) is 23.4. The van der Waals surface area contributed by atoms with E-state index >= 15 is 0 Å². The van der Waals surface area contributed by atoms with E-state index in [2.05, 4.69) is 5.32 Å². The number of nitrogens with zero attached hydrogens (tertiary/aromatic N) is 2. The van der Waals surface area contributed by atoms with Gasteiger partial charge in [-0.1, -0.05) is 32.0 Å². The Hall–Kier alpha value is -2.27. The average molecular weight is 480 g/mol. The Kier molecular flexibility index (Phi) is 7.71. The van der Waals surface area contributed by atoms with Gasteiger partial charge < -0.3 is 5.32 Å². The molecule has 1 fully saturated rings. The molecule has 0 aliphatic carbocycles. The molecular formula is C22H29N3O5S2. The van der Waals surface area contributed by atoms with Crippen LogP contribution in [0.15, 0.2) is 64.4 Å². The van der Waals surface area contributed by atoms with Crippen molar-refractivity contribution in [1.29, 1.82) is 0 Å². The number of hydrogen-bond donors (Lipinski definition) is 1. The Morgan fingerprint density at radius 3 is 2.19 bits per heavy atom. The van der Waals surface area contributed by atoms with Gasteiger partial charge in [0.2, 0.25) is 26.0 Å². The van der Waals surface area contributed by atoms with Crippen LogP contribution in [-0.4, -0.2) is 57.5 Å². The summed E-state index contributed by atoms with van der Waals surface area (Å²) in [7, 11) is -7.22. The van der Waals surface area contributed by atoms with Crippen LogP contribution in [0, 0.1) is 5.92 Å². The third kappa shape index (κ3) is 5.20. The summed E-state index contributed by atoms with van der Waals surface area (Å²) in [6.07, 6.45) is 1.17. The molecule has 32 heavy (non-hydrogen) atoms. The molecule has 8 nitrogen and oxygen atoms in total. The van der Waals surface area contributed by atoms with Gasteiger partial charge in [-0.05, 0) is 49.2 Å². The van der Waals surface area contributed by atoms with E-state index in [1.54, 1.807) is 56.3 Å². The summed E-state index contributed by atoms with van der Waals surface area (Å²) >= 11 is 0. The second kappa shape index (κ2) is 10.1. The maximum absolute atomic E-state index is 12.9. The molecule has 10 heteroatoms. The number of nitrogens with one attached hydrogen (secondary N) is 1. The first-order chi connectivity index (χ1) is 15.2. The van der Waals surface area contributed by atoms with E-state index in [0.717, 1.165) is 0 Å². The highest BCUT2D eigenvalue weighted by atomic mass is 32.2. The zero-order valence-corrected chi connectivity index (χ0v) is 19.9. The number of anilines is 1. The largest absolute Gasteiger partial charge is 0.326 e. The maximum atomic E-state index is 12.9. The van der Waals surface area contributed by atoms with Crippen molar-refractivity contribution in [2.45, 2.75) is 36.5 Å². The van der Waals surface area contributed by atoms with Gasteiger partial charge in [0.05, 0.1) is 15.7 Å². The maximum Gasteiger partial charge on any atom is 0.243 e. The fraction of sp³-hybridized carbons (Fsp3) is 0.409. The lowest BCUT2D eigenvalue weighted by atomic mass is 9.99. The van der Waals surface area contributed by atoms with E-state index in [1.165, 1.54) is 20.7 Å². The fourth-order valence-electron chi connectivity index (χ4n) is 3.78. The Morgan fingerprint density at radius 1 is 0.969 bits per heavy atom. The molecule has 2 aromatic carbocycles. The van der Waals surface area contributed by atoms with E-state index in [4.69, 9.17) is 0 Å². The number of rotatable bonds is 8. The molecule has 1 aliphatic heterocycles. The van der Waals surface area contributed by atoms with Crippen LogP contribution in [0.2, 0.25) is 0 Å². The molecule has 2 aromatic rings. The number of sulfonamides is 2. The molecule has 0 saturated carbocycles. The van der Waals surface area contributed by atoms with Gasteiger partial charge in [0.25, 0.3) is 0 Å². The predicted octanol–water partition coefficient (Wildman–Crippen LogP) is 2.76. The molecule has 0 unspecified atom stereocenters. The van der Waals surface area contributed by atoms with Crippen LogP contribution in [0.1, 0.15) is 26.7 Å². The molecule has 1 saturated heterocycles. The van der Waals surface area contributed by atoms with Crippen molar-refractivity contribution < 1.29 is 21.6 Å². The van der Waals surface area contributed by atoms with E-state index in [0.29, 0.717) is 38.2 Å². The molecule has 0 radical (unpaired) electrons. The highest BCUT2D eigenvalue weighted by molar-refractivity contribution is 7.89. The van der Waals surface area contributed by atoms with E-state index in [1.807, 2.05) is 0 Å². The smallest absolute Gasteiger partial charge is 0.243 e. The summed E-state index contributed by atoms with van der Waals surface area (Å²) in [5, 5.41) is 2.79. The third-order valence-corrected chi connectivity index (χ3v) is 9.54. The molecule has 0 spiro atoms. The molecule has 0 aromatic heterocycles. The molecule has 174 valence electrons. The molecule has 1 aliphatic rings. The van der Waals surface area contributed by atoms with Gasteiger partial charge >= 0.3 is 0 Å². The topological polar surface area (TPSA) is 104 Å². The van der Waals surface area contributed by atoms with Crippen molar-refractivity contribution in [2.75, 3.05) is 31.5 Å². The number of hydrogen-bond acceptors (Lipinski definition) is 5. The summed E-state index contributed by atoms with van der Waals surface area (Å²) in [5.41, 5.74) is 0.469. The van der Waals surface area contributed by atoms with Crippen molar-refractivity contribution in [2.24, 2.45) is 5.92 Å². The number of benzene rings is 2. The van der Waals surface area contributed by atoms with Gasteiger partial charge in [0.1, 0.15) is 0 Å². The lowest BCUT2D eigenvalue weighted by Crippen LogP contribution is -2.43. The SMILES string of the molecule is CCN(CC)S(=O)(=O)c1ccc(NC(=O)[C@@H]2CCCN(S(=O)(=O)c3ccccc3)C2)cc1. The second-order valence-corrected chi connectivity index (χ2v) is 11.5. The molecule has 1 amide bonds. The van der Waals surface area contributed by atoms with Crippen molar-refractivity contribution >= 4 is 31.6 Å². The highest BCUT2D eigenvalue weighted by Gasteiger charge is 2.33. The summed E-state index contributed by atoms with van der Waals surface area (Å²) < 4.78 is 53.7. The number of piperidine rings is 1. The van der Waals surface area contributed by atoms with Crippen molar-refractivity contribution in [3.05, 3.63) is 54.6 Å². The minimum atomic E-state index is -3.65. The van der Waals surface area contributed by atoms with Crippen molar-refractivity contribution in [1.82, 2.24) is 8.61 Å². The third-order valence-electron chi connectivity index (χ3n) is 5.60. The minimum Gasteiger partial charge on any atom is -0.326 e. The standard InChI is InChI=1S/C22H29N3O5S2/c1-3-24(4-2)31(27,28)21-14-12-19(13-15-21)23-22(26)18-9-8-16-25(17-18)32(29,30)20-10-6-5-7-11-20/h5-7,10-15,18H,3-4,8-9,16-17H2,1-2H3,(H,23,26)/t18-/m1/s1. The number of carbonyl (C=O) groups is 1. The van der Waals surface area contributed by atoms with Crippen LogP contribution in [0.5, 0.6) is 0 Å². The monoisotopic (exact) mass is 479 g/mol. The van der Waals surface area contributed by atoms with Crippen LogP contribution in [-0.2, 0) is 24.8 Å². The second-order valence-electron chi connectivity index (χ2n) is 7.62. The van der Waals surface area contributed by atoms with Gasteiger partial charge in [-0.2, -0.15) is 8.61 Å². The Bertz CT molecular complexity index is 1130. The first-order valence-electron chi connectivity index (χ1n) is 10.7. The number of amides is 1. The molecule has 3 rings (SSSR count). The van der Waals surface area contributed by atoms with Gasteiger partial charge in [-0.25, -0.2) is 16.8 Å². The average Bonchev–Trinajstić information content (AvgIpc) is 2.80. The first-order valence-corrected chi connectivity index (χ1v) is 13.5. The summed E-state index contributed by atoms with van der Waals surface area (Å²) in [6, 6.07) is 14.2. The molecule has 1 heterocycles. The normalized spacial score (nSPS) is 17.9. The Morgan fingerprint density at radius 2 is 1.59 bits per heavy atom. The zero-order valence-electron chi connectivity index (χ0n) is 18.3. The summed E-state index contributed by atoms with van der Waals surface area (Å²) in [5.74, 6) is -0.765. The summed E-state index contributed by atoms with van der Waals surface area (Å²) in [6.45, 7) is 4.79. The van der Waals surface area contributed by atoms with Gasteiger partial charge in [0.15, 0.2) is 0 Å². The van der Waals surface area contributed by atoms with Crippen molar-refractivity contribution in [3.63, 3.8) is 0 Å². The van der Waals surface area contributed by atoms with Gasteiger partial charge in [-0.15, -0.1) is 0 Å². The molecular weight excluding hydrogens is 450 g/mol. The number of carbonyl (C=O) groups excluding carboxylic acids is 1. The van der Waals surface area contributed by atoms with Crippen LogP contribution in [0.4, 0.5) is 5.69 Å². The lowest BCUT2D eigenvalue weighted by molar-refractivity contribution is -0.120. The first kappa shape index (κ1) is 24.4. The van der Waals surface area contributed by atoms with Crippen LogP contribution < -0.4 is 5.32 Å². The highest BCUT2D eigenvalue weighted by Crippen LogP contribution is 2.25. The van der Waals surface area contributed by atoms with E-state index < -0.39 is 26.0 Å². The van der Waals surface area contributed by atoms with Crippen LogP contribution in [0.25, 0.3) is 0 Å². The van der Waals surface area contributed by atoms with Crippen molar-refractivity contribution in [3.8, 4) is 0 Å². The van der Waals surface area contributed by atoms with Gasteiger partial charge in [-0.3, -0.25) is 4.79 Å². The Labute approximate surface area is 190 Å². The van der Waals surface area contributed by atoms with Crippen LogP contribution in [0.3, 0.4) is 0 Å². The fourth-order valence-corrected chi connectivity index (χ4v) is 6.79. The molecule has 1 atom stereocenters. The minimum absolute atomic E-state index is 0.109. The van der Waals surface area contributed by atoms with E-state index in [9.17, 15) is 21.6 Å². The van der Waals surface area contributed by atoms with Crippen LogP contribution >= 0.6 is 0 Å². The van der Waals surface area contributed by atoms with E-state index in [-0.39, 0.29) is 22.2 Å². The molecule has 1 N–H and O–H groups in total. The van der Waals surface area contributed by atoms with Gasteiger partial charge in [0, 0.05) is 31.9 Å². The molecule has 0 bridgehead atoms.